The number of hydrogen-bond donors (Lipinski definition) is 0. The Hall–Kier alpha value is -1.29. The van der Waals surface area contributed by atoms with E-state index in [4.69, 9.17) is 11.6 Å². The highest BCUT2D eigenvalue weighted by atomic mass is 35.5. The summed E-state index contributed by atoms with van der Waals surface area (Å²) >= 11 is 5.82. The number of amides is 1. The third kappa shape index (κ3) is 1.55. The minimum Gasteiger partial charge on any atom is -0.468 e. The molecule has 1 atom stereocenters. The van der Waals surface area contributed by atoms with Crippen molar-refractivity contribution in [2.75, 3.05) is 13.7 Å². The summed E-state index contributed by atoms with van der Waals surface area (Å²) in [5.41, 5.74) is -0.681. The summed E-state index contributed by atoms with van der Waals surface area (Å²) in [6.45, 7) is -0.0101. The molecule has 1 amide bonds. The molecule has 0 aromatic rings. The monoisotopic (exact) mass is 227 g/mol. The van der Waals surface area contributed by atoms with Crippen LogP contribution in [0.4, 0.5) is 0 Å². The first-order chi connectivity index (χ1) is 7.10. The molecule has 2 rings (SSSR count). The highest BCUT2D eigenvalue weighted by Gasteiger charge is 2.61. The second-order valence-corrected chi connectivity index (χ2v) is 3.96. The lowest BCUT2D eigenvalue weighted by molar-refractivity contribution is -0.141. The first-order valence-electron chi connectivity index (χ1n) is 4.54. The van der Waals surface area contributed by atoms with Crippen LogP contribution in [0.3, 0.4) is 0 Å². The number of rotatable bonds is 2. The Morgan fingerprint density at radius 2 is 2.47 bits per heavy atom. The Morgan fingerprint density at radius 3 is 3.07 bits per heavy atom. The van der Waals surface area contributed by atoms with E-state index in [-0.39, 0.29) is 12.5 Å². The average Bonchev–Trinajstić information content (AvgIpc) is 2.71. The number of methoxy groups -OCH3 is 1. The van der Waals surface area contributed by atoms with E-state index in [1.54, 1.807) is 12.2 Å². The van der Waals surface area contributed by atoms with Crippen LogP contribution in [0.5, 0.6) is 0 Å². The van der Waals surface area contributed by atoms with Crippen LogP contribution in [0.2, 0.25) is 0 Å². The molecule has 80 valence electrons. The van der Waals surface area contributed by atoms with Crippen molar-refractivity contribution in [3.8, 4) is 0 Å². The smallest absolute Gasteiger partial charge is 0.325 e. The molecule has 1 fully saturated rings. The number of ether oxygens (including phenoxy) is 1. The van der Waals surface area contributed by atoms with Gasteiger partial charge in [0.05, 0.1) is 7.11 Å². The summed E-state index contributed by atoms with van der Waals surface area (Å²) in [7, 11) is 1.30. The van der Waals surface area contributed by atoms with Crippen LogP contribution in [-0.4, -0.2) is 36.0 Å². The third-order valence-corrected chi connectivity index (χ3v) is 2.88. The first kappa shape index (κ1) is 10.2. The summed E-state index contributed by atoms with van der Waals surface area (Å²) in [6, 6.07) is 0. The van der Waals surface area contributed by atoms with Crippen LogP contribution in [0.25, 0.3) is 0 Å². The van der Waals surface area contributed by atoms with Gasteiger partial charge in [0, 0.05) is 11.5 Å². The quantitative estimate of drug-likeness (QED) is 0.518. The molecule has 1 saturated heterocycles. The van der Waals surface area contributed by atoms with Gasteiger partial charge in [-0.1, -0.05) is 17.7 Å². The van der Waals surface area contributed by atoms with Gasteiger partial charge in [0.2, 0.25) is 0 Å². The number of esters is 1. The van der Waals surface area contributed by atoms with Crippen molar-refractivity contribution in [3.63, 3.8) is 0 Å². The van der Waals surface area contributed by atoms with Crippen LogP contribution in [0.15, 0.2) is 23.3 Å². The maximum atomic E-state index is 11.6. The van der Waals surface area contributed by atoms with Crippen LogP contribution in [-0.2, 0) is 14.3 Å². The molecule has 2 aliphatic rings. The molecular formula is C10H10ClNO3. The van der Waals surface area contributed by atoms with Gasteiger partial charge in [-0.25, -0.2) is 0 Å². The molecule has 1 spiro atoms. The zero-order valence-electron chi connectivity index (χ0n) is 8.20. The van der Waals surface area contributed by atoms with Crippen LogP contribution < -0.4 is 0 Å². The van der Waals surface area contributed by atoms with E-state index >= 15 is 0 Å². The van der Waals surface area contributed by atoms with Crippen LogP contribution in [0, 0.1) is 0 Å². The van der Waals surface area contributed by atoms with E-state index in [0.29, 0.717) is 11.5 Å². The summed E-state index contributed by atoms with van der Waals surface area (Å²) in [5.74, 6) is -0.491. The Kier molecular flexibility index (Phi) is 2.31. The summed E-state index contributed by atoms with van der Waals surface area (Å²) < 4.78 is 4.51. The Morgan fingerprint density at radius 1 is 1.73 bits per heavy atom. The van der Waals surface area contributed by atoms with Crippen LogP contribution in [0.1, 0.15) is 6.42 Å². The molecule has 1 aliphatic heterocycles. The maximum absolute atomic E-state index is 11.6. The Balaban J connectivity index is 2.11. The molecule has 5 heteroatoms. The molecule has 15 heavy (non-hydrogen) atoms. The van der Waals surface area contributed by atoms with Crippen molar-refractivity contribution in [2.45, 2.75) is 12.0 Å². The van der Waals surface area contributed by atoms with E-state index in [9.17, 15) is 9.59 Å². The van der Waals surface area contributed by atoms with Crippen molar-refractivity contribution in [1.29, 1.82) is 0 Å². The summed E-state index contributed by atoms with van der Waals surface area (Å²) in [4.78, 5) is 24.1. The van der Waals surface area contributed by atoms with Gasteiger partial charge in [-0.3, -0.25) is 9.59 Å². The second-order valence-electron chi connectivity index (χ2n) is 3.53. The van der Waals surface area contributed by atoms with Gasteiger partial charge in [-0.15, -0.1) is 0 Å². The predicted molar refractivity (Wildman–Crippen MR) is 54.2 cm³/mol. The van der Waals surface area contributed by atoms with Crippen molar-refractivity contribution in [3.05, 3.63) is 23.3 Å². The fourth-order valence-corrected chi connectivity index (χ4v) is 2.02. The molecule has 0 radical (unpaired) electrons. The number of nitrogens with zero attached hydrogens (tertiary/aromatic N) is 1. The van der Waals surface area contributed by atoms with Crippen molar-refractivity contribution >= 4 is 23.5 Å². The zero-order valence-corrected chi connectivity index (χ0v) is 8.95. The molecule has 0 saturated carbocycles. The van der Waals surface area contributed by atoms with Gasteiger partial charge in [0.1, 0.15) is 12.1 Å². The molecule has 0 aromatic heterocycles. The topological polar surface area (TPSA) is 46.4 Å². The zero-order chi connectivity index (χ0) is 11.1. The highest BCUT2D eigenvalue weighted by Crippen LogP contribution is 2.42. The largest absolute Gasteiger partial charge is 0.468 e. The van der Waals surface area contributed by atoms with Gasteiger partial charge in [0.25, 0.3) is 5.91 Å². The van der Waals surface area contributed by atoms with E-state index in [1.807, 2.05) is 6.08 Å². The van der Waals surface area contributed by atoms with Gasteiger partial charge >= 0.3 is 5.97 Å². The van der Waals surface area contributed by atoms with Crippen molar-refractivity contribution in [1.82, 2.24) is 4.90 Å². The van der Waals surface area contributed by atoms with E-state index < -0.39 is 11.5 Å². The van der Waals surface area contributed by atoms with E-state index in [2.05, 4.69) is 4.74 Å². The summed E-state index contributed by atoms with van der Waals surface area (Å²) in [6.07, 6.45) is 5.82. The molecule has 1 aliphatic carbocycles. The Bertz CT molecular complexity index is 388. The van der Waals surface area contributed by atoms with Gasteiger partial charge in [-0.05, 0) is 12.2 Å². The molecule has 4 nitrogen and oxygen atoms in total. The number of hydrogen-bond acceptors (Lipinski definition) is 3. The lowest BCUT2D eigenvalue weighted by Gasteiger charge is -2.12. The standard InChI is InChI=1S/C10H10ClNO3/c1-15-8(13)6-12-9(14)10(12)4-2-3-7(11)5-10/h2-3,5H,4,6H2,1H3. The highest BCUT2D eigenvalue weighted by molar-refractivity contribution is 6.32. The molecule has 0 bridgehead atoms. The van der Waals surface area contributed by atoms with Crippen molar-refractivity contribution < 1.29 is 14.3 Å². The maximum Gasteiger partial charge on any atom is 0.325 e. The van der Waals surface area contributed by atoms with E-state index in [1.165, 1.54) is 12.0 Å². The first-order valence-corrected chi connectivity index (χ1v) is 4.92. The summed E-state index contributed by atoms with van der Waals surface area (Å²) in [5, 5.41) is 0.530. The molecule has 1 heterocycles. The molecule has 0 aromatic carbocycles. The third-order valence-electron chi connectivity index (χ3n) is 2.64. The SMILES string of the molecule is COC(=O)CN1C(=O)C12C=C(Cl)C=CC2. The van der Waals surface area contributed by atoms with Gasteiger partial charge < -0.3 is 9.64 Å². The van der Waals surface area contributed by atoms with Crippen molar-refractivity contribution in [2.24, 2.45) is 0 Å². The number of carbonyl (C=O) groups excluding carboxylic acids is 2. The molecule has 0 N–H and O–H groups in total. The second kappa shape index (κ2) is 3.38. The minimum atomic E-state index is -0.681. The van der Waals surface area contributed by atoms with E-state index in [0.717, 1.165) is 0 Å². The minimum absolute atomic E-state index is 0.0101. The predicted octanol–water partition coefficient (Wildman–Crippen LogP) is 0.823. The molecular weight excluding hydrogens is 218 g/mol. The lowest BCUT2D eigenvalue weighted by Crippen LogP contribution is -2.23. The normalized spacial score (nSPS) is 28.0. The number of halogens is 1. The fourth-order valence-electron chi connectivity index (χ4n) is 1.75. The van der Waals surface area contributed by atoms with Gasteiger partial charge in [0.15, 0.2) is 0 Å². The van der Waals surface area contributed by atoms with Crippen LogP contribution >= 0.6 is 11.6 Å². The number of carbonyl (C=O) groups is 2. The lowest BCUT2D eigenvalue weighted by atomic mass is 10.0. The fraction of sp³-hybridized carbons (Fsp3) is 0.400. The van der Waals surface area contributed by atoms with Gasteiger partial charge in [-0.2, -0.15) is 0 Å². The number of allylic oxidation sites excluding steroid dienone is 2. The molecule has 1 unspecified atom stereocenters. The Labute approximate surface area is 92.1 Å². The average molecular weight is 228 g/mol.